The van der Waals surface area contributed by atoms with Gasteiger partial charge in [0.25, 0.3) is 5.91 Å². The van der Waals surface area contributed by atoms with Crippen molar-refractivity contribution in [2.45, 2.75) is 30.2 Å². The summed E-state index contributed by atoms with van der Waals surface area (Å²) in [4.78, 5) is 20.2. The average Bonchev–Trinajstić information content (AvgIpc) is 2.84. The monoisotopic (exact) mass is 469 g/mol. The van der Waals surface area contributed by atoms with E-state index in [1.54, 1.807) is 24.3 Å². The SMILES string of the molecule is C=NC(=NC1(c2ccccc2)CCN(S(=O)(=O)c2ccc(C)cc2)CC1)N/C=C/C(=O)NO. The number of sulfonamides is 1. The van der Waals surface area contributed by atoms with Crippen LogP contribution in [0, 0.1) is 6.92 Å². The Kier molecular flexibility index (Phi) is 7.75. The smallest absolute Gasteiger partial charge is 0.268 e. The molecule has 0 aromatic heterocycles. The van der Waals surface area contributed by atoms with Crippen LogP contribution >= 0.6 is 0 Å². The maximum atomic E-state index is 13.1. The van der Waals surface area contributed by atoms with Gasteiger partial charge >= 0.3 is 0 Å². The number of aryl methyl sites for hydroxylation is 1. The van der Waals surface area contributed by atoms with Gasteiger partial charge in [0.05, 0.1) is 10.4 Å². The quantitative estimate of drug-likeness (QED) is 0.197. The van der Waals surface area contributed by atoms with Crippen molar-refractivity contribution in [3.63, 3.8) is 0 Å². The number of aliphatic imine (C=N–C) groups is 2. The maximum Gasteiger partial charge on any atom is 0.268 e. The molecule has 1 aliphatic heterocycles. The Morgan fingerprint density at radius 2 is 1.76 bits per heavy atom. The van der Waals surface area contributed by atoms with Crippen LogP contribution in [-0.4, -0.2) is 49.6 Å². The summed E-state index contributed by atoms with van der Waals surface area (Å²) in [6, 6.07) is 16.4. The fraction of sp³-hybridized carbons (Fsp3) is 0.261. The van der Waals surface area contributed by atoms with Crippen LogP contribution in [0.3, 0.4) is 0 Å². The number of nitrogens with zero attached hydrogens (tertiary/aromatic N) is 3. The summed E-state index contributed by atoms with van der Waals surface area (Å²) in [5, 5.41) is 11.4. The number of hydrogen-bond donors (Lipinski definition) is 3. The molecule has 0 atom stereocenters. The van der Waals surface area contributed by atoms with Gasteiger partial charge < -0.3 is 5.32 Å². The van der Waals surface area contributed by atoms with Crippen LogP contribution in [-0.2, 0) is 20.4 Å². The number of benzene rings is 2. The van der Waals surface area contributed by atoms with Crippen molar-refractivity contribution >= 4 is 28.6 Å². The Labute approximate surface area is 193 Å². The third kappa shape index (κ3) is 5.72. The highest BCUT2D eigenvalue weighted by atomic mass is 32.2. The first-order chi connectivity index (χ1) is 15.8. The second-order valence-electron chi connectivity index (χ2n) is 7.66. The summed E-state index contributed by atoms with van der Waals surface area (Å²) in [5.41, 5.74) is 2.69. The van der Waals surface area contributed by atoms with Crippen LogP contribution in [0.4, 0.5) is 0 Å². The van der Waals surface area contributed by atoms with E-state index in [0.29, 0.717) is 12.8 Å². The van der Waals surface area contributed by atoms with E-state index < -0.39 is 21.5 Å². The molecule has 2 aromatic carbocycles. The Bertz CT molecular complexity index is 1140. The number of piperidine rings is 1. The second kappa shape index (κ2) is 10.5. The van der Waals surface area contributed by atoms with Crippen molar-refractivity contribution in [3.8, 4) is 0 Å². The van der Waals surface area contributed by atoms with Gasteiger partial charge in [0.1, 0.15) is 0 Å². The fourth-order valence-corrected chi connectivity index (χ4v) is 5.16. The van der Waals surface area contributed by atoms with E-state index in [1.165, 1.54) is 16.0 Å². The number of carbonyl (C=O) groups excluding carboxylic acids is 1. The molecule has 174 valence electrons. The third-order valence-corrected chi connectivity index (χ3v) is 7.46. The zero-order chi connectivity index (χ0) is 23.9. The number of hydroxylamine groups is 1. The molecule has 0 bridgehead atoms. The van der Waals surface area contributed by atoms with Crippen LogP contribution in [0.1, 0.15) is 24.0 Å². The first-order valence-corrected chi connectivity index (χ1v) is 11.8. The molecule has 0 saturated carbocycles. The molecular weight excluding hydrogens is 442 g/mol. The molecule has 1 aliphatic rings. The number of nitrogens with one attached hydrogen (secondary N) is 2. The normalized spacial score (nSPS) is 17.0. The molecule has 1 heterocycles. The van der Waals surface area contributed by atoms with E-state index in [-0.39, 0.29) is 23.9 Å². The summed E-state index contributed by atoms with van der Waals surface area (Å²) >= 11 is 0. The molecule has 2 aromatic rings. The number of amides is 1. The van der Waals surface area contributed by atoms with Gasteiger partial charge in [0.15, 0.2) is 0 Å². The summed E-state index contributed by atoms with van der Waals surface area (Å²) in [5.74, 6) is -0.533. The standard InChI is InChI=1S/C23H27N5O4S/c1-18-8-10-20(11-9-18)33(31,32)28-16-13-23(14-17-28,19-6-4-3-5-7-19)26-22(24-2)25-15-12-21(29)27-30/h3-12,15,30H,2,13-14,16-17H2,1H3,(H,25,26)(H,27,29)/b15-12+. The van der Waals surface area contributed by atoms with Crippen LogP contribution in [0.5, 0.6) is 0 Å². The molecule has 10 heteroatoms. The molecule has 0 aliphatic carbocycles. The molecule has 1 saturated heterocycles. The van der Waals surface area contributed by atoms with Gasteiger partial charge in [-0.1, -0.05) is 48.0 Å². The summed E-state index contributed by atoms with van der Waals surface area (Å²) < 4.78 is 27.8. The zero-order valence-corrected chi connectivity index (χ0v) is 19.1. The largest absolute Gasteiger partial charge is 0.331 e. The van der Waals surface area contributed by atoms with E-state index in [2.05, 4.69) is 17.0 Å². The predicted octanol–water partition coefficient (Wildman–Crippen LogP) is 2.34. The van der Waals surface area contributed by atoms with Crippen molar-refractivity contribution in [2.24, 2.45) is 9.98 Å². The minimum Gasteiger partial charge on any atom is -0.331 e. The van der Waals surface area contributed by atoms with Crippen LogP contribution in [0.15, 0.2) is 81.8 Å². The van der Waals surface area contributed by atoms with Gasteiger partial charge in [0, 0.05) is 25.4 Å². The lowest BCUT2D eigenvalue weighted by Gasteiger charge is -2.39. The van der Waals surface area contributed by atoms with E-state index >= 15 is 0 Å². The lowest BCUT2D eigenvalue weighted by molar-refractivity contribution is -0.124. The number of rotatable bonds is 6. The molecule has 1 fully saturated rings. The van der Waals surface area contributed by atoms with Crippen LogP contribution in [0.2, 0.25) is 0 Å². The highest BCUT2D eigenvalue weighted by Crippen LogP contribution is 2.38. The minimum absolute atomic E-state index is 0.177. The summed E-state index contributed by atoms with van der Waals surface area (Å²) in [7, 11) is -3.62. The molecule has 0 unspecified atom stereocenters. The van der Waals surface area contributed by atoms with Crippen molar-refractivity contribution < 1.29 is 18.4 Å². The van der Waals surface area contributed by atoms with Gasteiger partial charge in [-0.15, -0.1) is 0 Å². The third-order valence-electron chi connectivity index (χ3n) is 5.55. The van der Waals surface area contributed by atoms with E-state index in [4.69, 9.17) is 10.2 Å². The maximum absolute atomic E-state index is 13.1. The molecule has 33 heavy (non-hydrogen) atoms. The van der Waals surface area contributed by atoms with Crippen LogP contribution in [0.25, 0.3) is 0 Å². The predicted molar refractivity (Wildman–Crippen MR) is 126 cm³/mol. The van der Waals surface area contributed by atoms with Gasteiger partial charge in [-0.2, -0.15) is 4.31 Å². The Hall–Kier alpha value is -3.34. The Balaban J connectivity index is 1.87. The molecule has 3 rings (SSSR count). The minimum atomic E-state index is -3.62. The van der Waals surface area contributed by atoms with Gasteiger partial charge in [-0.25, -0.2) is 23.9 Å². The van der Waals surface area contributed by atoms with Crippen molar-refractivity contribution in [1.82, 2.24) is 15.1 Å². The van der Waals surface area contributed by atoms with Crippen molar-refractivity contribution in [1.29, 1.82) is 0 Å². The number of carbonyl (C=O) groups is 1. The first kappa shape index (κ1) is 24.3. The highest BCUT2D eigenvalue weighted by molar-refractivity contribution is 7.89. The molecular formula is C23H27N5O4S. The lowest BCUT2D eigenvalue weighted by atomic mass is 9.82. The van der Waals surface area contributed by atoms with Crippen LogP contribution < -0.4 is 10.8 Å². The molecule has 1 amide bonds. The second-order valence-corrected chi connectivity index (χ2v) is 9.60. The Morgan fingerprint density at radius 3 is 2.33 bits per heavy atom. The fourth-order valence-electron chi connectivity index (χ4n) is 3.71. The van der Waals surface area contributed by atoms with Gasteiger partial charge in [0.2, 0.25) is 16.0 Å². The molecule has 3 N–H and O–H groups in total. The van der Waals surface area contributed by atoms with E-state index in [1.807, 2.05) is 37.3 Å². The zero-order valence-electron chi connectivity index (χ0n) is 18.3. The van der Waals surface area contributed by atoms with Crippen molar-refractivity contribution in [2.75, 3.05) is 13.1 Å². The van der Waals surface area contributed by atoms with E-state index in [0.717, 1.165) is 17.2 Å². The van der Waals surface area contributed by atoms with Gasteiger partial charge in [-0.3, -0.25) is 10.0 Å². The Morgan fingerprint density at radius 1 is 1.12 bits per heavy atom. The highest BCUT2D eigenvalue weighted by Gasteiger charge is 2.40. The first-order valence-electron chi connectivity index (χ1n) is 10.4. The molecule has 0 radical (unpaired) electrons. The van der Waals surface area contributed by atoms with E-state index in [9.17, 15) is 13.2 Å². The summed E-state index contributed by atoms with van der Waals surface area (Å²) in [6.07, 6.45) is 3.23. The molecule has 0 spiro atoms. The van der Waals surface area contributed by atoms with Gasteiger partial charge in [-0.05, 0) is 44.2 Å². The van der Waals surface area contributed by atoms with Crippen molar-refractivity contribution in [3.05, 3.63) is 78.0 Å². The lowest BCUT2D eigenvalue weighted by Crippen LogP contribution is -2.45. The molecule has 9 nitrogen and oxygen atoms in total. The number of guanidine groups is 1. The topological polar surface area (TPSA) is 123 Å². The average molecular weight is 470 g/mol. The summed E-state index contributed by atoms with van der Waals surface area (Å²) in [6.45, 7) is 6.01. The number of hydrogen-bond acceptors (Lipinski definition) is 5.